The Bertz CT molecular complexity index is 493. The number of hydrogen-bond donors (Lipinski definition) is 1. The van der Waals surface area contributed by atoms with Crippen molar-refractivity contribution in [3.8, 4) is 0 Å². The average molecular weight is 278 g/mol. The second kappa shape index (κ2) is 6.94. The fourth-order valence-electron chi connectivity index (χ4n) is 1.68. The first kappa shape index (κ1) is 13.6. The quantitative estimate of drug-likeness (QED) is 0.673. The molecule has 0 bridgehead atoms. The number of hydrogen-bond acceptors (Lipinski definition) is 4. The van der Waals surface area contributed by atoms with Crippen LogP contribution in [0, 0.1) is 0 Å². The zero-order chi connectivity index (χ0) is 13.5. The van der Waals surface area contributed by atoms with Gasteiger partial charge in [0.2, 0.25) is 0 Å². The molecule has 19 heavy (non-hydrogen) atoms. The van der Waals surface area contributed by atoms with Crippen LogP contribution in [-0.4, -0.2) is 29.6 Å². The zero-order valence-electron chi connectivity index (χ0n) is 11.2. The molecule has 0 aliphatic heterocycles. The van der Waals surface area contributed by atoms with Crippen molar-refractivity contribution in [1.82, 2.24) is 15.4 Å². The normalized spacial score (nSPS) is 11.6. The minimum atomic E-state index is 0.521. The van der Waals surface area contributed by atoms with Crippen molar-refractivity contribution in [2.45, 2.75) is 20.0 Å². The van der Waals surface area contributed by atoms with Crippen LogP contribution in [0.5, 0.6) is 0 Å². The molecule has 0 spiro atoms. The monoisotopic (exact) mass is 278 g/mol. The van der Waals surface area contributed by atoms with E-state index in [4.69, 9.17) is 4.52 Å². The van der Waals surface area contributed by atoms with E-state index in [0.717, 1.165) is 24.7 Å². The summed E-state index contributed by atoms with van der Waals surface area (Å²) in [4.78, 5) is 6.65. The standard InChI is InChI=1S/C13H18N4OS/c1-3-14-13(15-8-12-4-6-18-16-12)17(2)9-11-5-7-19-10-11/h4-7,10H,3,8-9H2,1-2H3,(H,14,15). The molecule has 0 aliphatic carbocycles. The van der Waals surface area contributed by atoms with Crippen molar-refractivity contribution in [3.05, 3.63) is 40.4 Å². The molecular weight excluding hydrogens is 260 g/mol. The second-order valence-corrected chi connectivity index (χ2v) is 4.93. The molecule has 0 saturated carbocycles. The number of rotatable bonds is 5. The van der Waals surface area contributed by atoms with Crippen LogP contribution >= 0.6 is 11.3 Å². The lowest BCUT2D eigenvalue weighted by Crippen LogP contribution is -2.38. The van der Waals surface area contributed by atoms with Gasteiger partial charge in [0.25, 0.3) is 0 Å². The number of thiophene rings is 1. The predicted octanol–water partition coefficient (Wildman–Crippen LogP) is 2.33. The minimum absolute atomic E-state index is 0.521. The van der Waals surface area contributed by atoms with E-state index in [1.165, 1.54) is 5.56 Å². The van der Waals surface area contributed by atoms with Crippen molar-refractivity contribution >= 4 is 17.3 Å². The van der Waals surface area contributed by atoms with Crippen LogP contribution in [0.3, 0.4) is 0 Å². The number of guanidine groups is 1. The largest absolute Gasteiger partial charge is 0.364 e. The van der Waals surface area contributed by atoms with Gasteiger partial charge in [0.1, 0.15) is 12.0 Å². The molecule has 2 rings (SSSR count). The fraction of sp³-hybridized carbons (Fsp3) is 0.385. The lowest BCUT2D eigenvalue weighted by atomic mass is 10.3. The van der Waals surface area contributed by atoms with Crippen molar-refractivity contribution in [1.29, 1.82) is 0 Å². The highest BCUT2D eigenvalue weighted by Gasteiger charge is 2.07. The first-order valence-electron chi connectivity index (χ1n) is 6.19. The maximum absolute atomic E-state index is 4.80. The molecule has 0 saturated heterocycles. The Morgan fingerprint density at radius 2 is 2.42 bits per heavy atom. The first-order valence-corrected chi connectivity index (χ1v) is 7.13. The van der Waals surface area contributed by atoms with Gasteiger partial charge in [-0.25, -0.2) is 4.99 Å². The van der Waals surface area contributed by atoms with Crippen LogP contribution in [-0.2, 0) is 13.1 Å². The maximum atomic E-state index is 4.80. The van der Waals surface area contributed by atoms with Gasteiger partial charge in [-0.1, -0.05) is 5.16 Å². The molecule has 2 aromatic heterocycles. The predicted molar refractivity (Wildman–Crippen MR) is 77.1 cm³/mol. The Balaban J connectivity index is 1.99. The van der Waals surface area contributed by atoms with E-state index in [1.54, 1.807) is 17.6 Å². The Hall–Kier alpha value is -1.82. The highest BCUT2D eigenvalue weighted by molar-refractivity contribution is 7.07. The molecule has 0 amide bonds. The van der Waals surface area contributed by atoms with Crippen molar-refractivity contribution < 1.29 is 4.52 Å². The Morgan fingerprint density at radius 3 is 3.05 bits per heavy atom. The van der Waals surface area contributed by atoms with Crippen molar-refractivity contribution in [2.24, 2.45) is 4.99 Å². The Kier molecular flexibility index (Phi) is 4.97. The van der Waals surface area contributed by atoms with E-state index in [1.807, 2.05) is 13.1 Å². The number of aliphatic imine (C=N–C) groups is 1. The molecule has 0 aliphatic rings. The van der Waals surface area contributed by atoms with Crippen LogP contribution in [0.25, 0.3) is 0 Å². The third kappa shape index (κ3) is 4.10. The number of nitrogens with one attached hydrogen (secondary N) is 1. The smallest absolute Gasteiger partial charge is 0.194 e. The summed E-state index contributed by atoms with van der Waals surface area (Å²) < 4.78 is 4.80. The lowest BCUT2D eigenvalue weighted by Gasteiger charge is -2.21. The minimum Gasteiger partial charge on any atom is -0.364 e. The molecule has 0 radical (unpaired) electrons. The van der Waals surface area contributed by atoms with E-state index in [9.17, 15) is 0 Å². The molecular formula is C13H18N4OS. The van der Waals surface area contributed by atoms with Crippen LogP contribution < -0.4 is 5.32 Å². The topological polar surface area (TPSA) is 53.7 Å². The van der Waals surface area contributed by atoms with Gasteiger partial charge in [0, 0.05) is 26.2 Å². The van der Waals surface area contributed by atoms with E-state index in [0.29, 0.717) is 6.54 Å². The summed E-state index contributed by atoms with van der Waals surface area (Å²) in [5, 5.41) is 11.4. The van der Waals surface area contributed by atoms with Gasteiger partial charge >= 0.3 is 0 Å². The van der Waals surface area contributed by atoms with Crippen LogP contribution in [0.4, 0.5) is 0 Å². The van der Waals surface area contributed by atoms with Gasteiger partial charge in [-0.3, -0.25) is 0 Å². The van der Waals surface area contributed by atoms with Gasteiger partial charge in [0.05, 0.1) is 6.54 Å². The van der Waals surface area contributed by atoms with Crippen LogP contribution in [0.1, 0.15) is 18.2 Å². The van der Waals surface area contributed by atoms with Crippen LogP contribution in [0.15, 0.2) is 38.7 Å². The van der Waals surface area contributed by atoms with E-state index >= 15 is 0 Å². The lowest BCUT2D eigenvalue weighted by molar-refractivity contribution is 0.411. The van der Waals surface area contributed by atoms with E-state index < -0.39 is 0 Å². The molecule has 1 N–H and O–H groups in total. The van der Waals surface area contributed by atoms with Crippen LogP contribution in [0.2, 0.25) is 0 Å². The highest BCUT2D eigenvalue weighted by atomic mass is 32.1. The summed E-state index contributed by atoms with van der Waals surface area (Å²) in [6.07, 6.45) is 1.56. The second-order valence-electron chi connectivity index (χ2n) is 4.15. The zero-order valence-corrected chi connectivity index (χ0v) is 12.0. The third-order valence-electron chi connectivity index (χ3n) is 2.58. The SMILES string of the molecule is CCNC(=NCc1ccon1)N(C)Cc1ccsc1. The summed E-state index contributed by atoms with van der Waals surface area (Å²) in [5.74, 6) is 0.872. The molecule has 102 valence electrons. The summed E-state index contributed by atoms with van der Waals surface area (Å²) >= 11 is 1.71. The van der Waals surface area contributed by atoms with Gasteiger partial charge in [-0.15, -0.1) is 0 Å². The number of nitrogens with zero attached hydrogens (tertiary/aromatic N) is 3. The Morgan fingerprint density at radius 1 is 1.53 bits per heavy atom. The average Bonchev–Trinajstić information content (AvgIpc) is 3.07. The van der Waals surface area contributed by atoms with Crippen molar-refractivity contribution in [3.63, 3.8) is 0 Å². The van der Waals surface area contributed by atoms with Crippen molar-refractivity contribution in [2.75, 3.05) is 13.6 Å². The van der Waals surface area contributed by atoms with Gasteiger partial charge in [0.15, 0.2) is 5.96 Å². The molecule has 6 heteroatoms. The van der Waals surface area contributed by atoms with E-state index in [2.05, 4.69) is 44.1 Å². The number of aromatic nitrogens is 1. The third-order valence-corrected chi connectivity index (χ3v) is 3.31. The molecule has 0 fully saturated rings. The summed E-state index contributed by atoms with van der Waals surface area (Å²) in [6, 6.07) is 3.95. The summed E-state index contributed by atoms with van der Waals surface area (Å²) in [5.41, 5.74) is 2.12. The summed E-state index contributed by atoms with van der Waals surface area (Å²) in [7, 11) is 2.03. The molecule has 0 aromatic carbocycles. The maximum Gasteiger partial charge on any atom is 0.194 e. The molecule has 5 nitrogen and oxygen atoms in total. The Labute approximate surface area is 116 Å². The van der Waals surface area contributed by atoms with Gasteiger partial charge in [-0.2, -0.15) is 11.3 Å². The molecule has 2 aromatic rings. The molecule has 2 heterocycles. The molecule has 0 atom stereocenters. The van der Waals surface area contributed by atoms with Gasteiger partial charge in [-0.05, 0) is 29.3 Å². The van der Waals surface area contributed by atoms with E-state index in [-0.39, 0.29) is 0 Å². The fourth-order valence-corrected chi connectivity index (χ4v) is 2.34. The summed E-state index contributed by atoms with van der Waals surface area (Å²) in [6.45, 7) is 4.26. The highest BCUT2D eigenvalue weighted by Crippen LogP contribution is 2.08. The molecule has 0 unspecified atom stereocenters. The van der Waals surface area contributed by atoms with Gasteiger partial charge < -0.3 is 14.7 Å². The first-order chi connectivity index (χ1) is 9.29.